The number of aryl methyl sites for hydroxylation is 3. The smallest absolute Gasteiger partial charge is 0.325 e. The van der Waals surface area contributed by atoms with Gasteiger partial charge in [0.25, 0.3) is 0 Å². The Morgan fingerprint density at radius 2 is 1.32 bits per heavy atom. The van der Waals surface area contributed by atoms with Gasteiger partial charge in [-0.15, -0.1) is 0 Å². The number of sulfonamides is 1. The van der Waals surface area contributed by atoms with Gasteiger partial charge in [0.15, 0.2) is 0 Å². The van der Waals surface area contributed by atoms with Crippen LogP contribution in [0, 0.1) is 20.8 Å². The van der Waals surface area contributed by atoms with Crippen LogP contribution in [-0.2, 0) is 33.6 Å². The number of hydrogen-bond acceptors (Lipinski definition) is 3. The molecule has 0 radical (unpaired) electrons. The summed E-state index contributed by atoms with van der Waals surface area (Å²) in [4.78, 5) is 13.1. The number of nitrogens with one attached hydrogen (secondary N) is 2. The predicted octanol–water partition coefficient (Wildman–Crippen LogP) is 6.18. The van der Waals surface area contributed by atoms with E-state index in [1.165, 1.54) is 0 Å². The monoisotopic (exact) mass is 558 g/mol. The summed E-state index contributed by atoms with van der Waals surface area (Å²) in [6.45, 7) is 4.92. The summed E-state index contributed by atoms with van der Waals surface area (Å²) in [7, 11) is -4.33. The van der Waals surface area contributed by atoms with Gasteiger partial charge in [0.1, 0.15) is 6.04 Å². The van der Waals surface area contributed by atoms with Crippen molar-refractivity contribution in [2.45, 2.75) is 50.5 Å². The molecule has 1 atom stereocenters. The number of halogens is 6. The number of benzene rings is 3. The van der Waals surface area contributed by atoms with Gasteiger partial charge in [0, 0.05) is 5.69 Å². The second-order valence-corrected chi connectivity index (χ2v) is 10.5. The quantitative estimate of drug-likeness (QED) is 0.340. The zero-order valence-corrected chi connectivity index (χ0v) is 21.3. The van der Waals surface area contributed by atoms with Gasteiger partial charge in [-0.2, -0.15) is 31.1 Å². The predicted molar refractivity (Wildman–Crippen MR) is 130 cm³/mol. The highest BCUT2D eigenvalue weighted by Gasteiger charge is 2.37. The molecule has 204 valence electrons. The van der Waals surface area contributed by atoms with Crippen LogP contribution in [0.25, 0.3) is 0 Å². The minimum atomic E-state index is -5.12. The third-order valence-corrected chi connectivity index (χ3v) is 7.40. The maximum atomic E-state index is 13.3. The molecule has 0 bridgehead atoms. The molecule has 0 spiro atoms. The van der Waals surface area contributed by atoms with E-state index in [4.69, 9.17) is 0 Å². The summed E-state index contributed by atoms with van der Waals surface area (Å²) in [5.41, 5.74) is -1.89. The van der Waals surface area contributed by atoms with Gasteiger partial charge in [0.2, 0.25) is 15.9 Å². The second kappa shape index (κ2) is 10.8. The number of hydrogen-bond donors (Lipinski definition) is 2. The first-order chi connectivity index (χ1) is 17.5. The van der Waals surface area contributed by atoms with Crippen molar-refractivity contribution in [2.24, 2.45) is 0 Å². The van der Waals surface area contributed by atoms with Gasteiger partial charge in [-0.05, 0) is 62.1 Å². The lowest BCUT2D eigenvalue weighted by Gasteiger charge is -2.21. The zero-order valence-electron chi connectivity index (χ0n) is 20.5. The molecule has 0 fully saturated rings. The lowest BCUT2D eigenvalue weighted by molar-refractivity contribution is -0.143. The minimum Gasteiger partial charge on any atom is -0.325 e. The number of alkyl halides is 6. The third kappa shape index (κ3) is 7.13. The van der Waals surface area contributed by atoms with Crippen LogP contribution < -0.4 is 10.0 Å². The van der Waals surface area contributed by atoms with E-state index in [1.807, 2.05) is 5.32 Å². The van der Waals surface area contributed by atoms with E-state index in [0.717, 1.165) is 5.56 Å². The van der Waals surface area contributed by atoms with Crippen LogP contribution in [-0.4, -0.2) is 20.4 Å². The van der Waals surface area contributed by atoms with Crippen molar-refractivity contribution in [2.75, 3.05) is 5.32 Å². The van der Waals surface area contributed by atoms with Crippen molar-refractivity contribution in [1.29, 1.82) is 0 Å². The van der Waals surface area contributed by atoms with Gasteiger partial charge in [-0.25, -0.2) is 8.42 Å². The summed E-state index contributed by atoms with van der Waals surface area (Å²) in [5.74, 6) is -1.13. The normalized spacial score (nSPS) is 13.3. The highest BCUT2D eigenvalue weighted by atomic mass is 32.2. The Morgan fingerprint density at radius 1 is 0.816 bits per heavy atom. The fourth-order valence-corrected chi connectivity index (χ4v) is 5.78. The lowest BCUT2D eigenvalue weighted by atomic mass is 10.1. The summed E-state index contributed by atoms with van der Waals surface area (Å²) in [5, 5.41) is 2.03. The van der Waals surface area contributed by atoms with Crippen LogP contribution in [0.3, 0.4) is 0 Å². The molecule has 38 heavy (non-hydrogen) atoms. The Hall–Kier alpha value is -3.38. The largest absolute Gasteiger partial charge is 0.416 e. The molecule has 12 heteroatoms. The van der Waals surface area contributed by atoms with E-state index in [1.54, 1.807) is 63.2 Å². The Kier molecular flexibility index (Phi) is 8.27. The molecule has 0 aliphatic heterocycles. The van der Waals surface area contributed by atoms with Gasteiger partial charge in [0.05, 0.1) is 16.0 Å². The summed E-state index contributed by atoms with van der Waals surface area (Å²) >= 11 is 0. The van der Waals surface area contributed by atoms with E-state index in [0.29, 0.717) is 28.8 Å². The highest BCUT2D eigenvalue weighted by molar-refractivity contribution is 7.89. The van der Waals surface area contributed by atoms with Gasteiger partial charge < -0.3 is 5.32 Å². The average molecular weight is 559 g/mol. The molecule has 0 aromatic heterocycles. The summed E-state index contributed by atoms with van der Waals surface area (Å²) in [6, 6.07) is 10.5. The SMILES string of the molecule is Cc1cc(C)c(S(=O)(=O)N[C@H](Cc2ccccc2)C(=O)Nc2cc(C(F)(F)F)cc(C(F)(F)F)c2)c(C)c1. The fraction of sp³-hybridized carbons (Fsp3) is 0.269. The van der Waals surface area contributed by atoms with Crippen LogP contribution >= 0.6 is 0 Å². The minimum absolute atomic E-state index is 0.0667. The molecule has 2 N–H and O–H groups in total. The van der Waals surface area contributed by atoms with E-state index in [9.17, 15) is 39.6 Å². The van der Waals surface area contributed by atoms with Gasteiger partial charge in [-0.3, -0.25) is 4.79 Å². The lowest BCUT2D eigenvalue weighted by Crippen LogP contribution is -2.45. The second-order valence-electron chi connectivity index (χ2n) is 8.88. The Morgan fingerprint density at radius 3 is 1.79 bits per heavy atom. The Labute approximate surface area is 215 Å². The van der Waals surface area contributed by atoms with Gasteiger partial charge in [-0.1, -0.05) is 48.0 Å². The maximum Gasteiger partial charge on any atom is 0.416 e. The van der Waals surface area contributed by atoms with Crippen LogP contribution in [0.2, 0.25) is 0 Å². The van der Waals surface area contributed by atoms with Crippen LogP contribution in [0.4, 0.5) is 32.0 Å². The van der Waals surface area contributed by atoms with Crippen molar-refractivity contribution in [1.82, 2.24) is 4.72 Å². The van der Waals surface area contributed by atoms with Crippen LogP contribution in [0.15, 0.2) is 65.6 Å². The summed E-state index contributed by atoms with van der Waals surface area (Å²) < 4.78 is 109. The third-order valence-electron chi connectivity index (χ3n) is 5.63. The Balaban J connectivity index is 2.02. The van der Waals surface area contributed by atoms with Crippen LogP contribution in [0.1, 0.15) is 33.4 Å². The highest BCUT2D eigenvalue weighted by Crippen LogP contribution is 2.37. The summed E-state index contributed by atoms with van der Waals surface area (Å²) in [6.07, 6.45) is -10.5. The van der Waals surface area contributed by atoms with Crippen LogP contribution in [0.5, 0.6) is 0 Å². The first kappa shape index (κ1) is 29.2. The molecule has 0 unspecified atom stereocenters. The molecule has 3 rings (SSSR count). The van der Waals surface area contributed by atoms with E-state index in [-0.39, 0.29) is 17.4 Å². The van der Waals surface area contributed by atoms with Crippen molar-refractivity contribution in [3.63, 3.8) is 0 Å². The molecule has 3 aromatic rings. The van der Waals surface area contributed by atoms with Crippen molar-refractivity contribution < 1.29 is 39.6 Å². The van der Waals surface area contributed by atoms with Crippen molar-refractivity contribution in [3.8, 4) is 0 Å². The molecule has 0 heterocycles. The van der Waals surface area contributed by atoms with E-state index < -0.39 is 51.1 Å². The standard InChI is InChI=1S/C26H24F6N2O3S/c1-15-9-16(2)23(17(3)10-15)38(36,37)34-22(11-18-7-5-4-6-8-18)24(35)33-21-13-19(25(27,28)29)12-20(14-21)26(30,31)32/h4-10,12-14,22,34H,11H2,1-3H3,(H,33,35)/t22-/m1/s1. The number of anilines is 1. The number of carbonyl (C=O) groups is 1. The molecule has 0 saturated heterocycles. The molecule has 0 aliphatic rings. The van der Waals surface area contributed by atoms with Crippen molar-refractivity contribution in [3.05, 3.63) is 94.0 Å². The zero-order chi connectivity index (χ0) is 28.5. The van der Waals surface area contributed by atoms with E-state index >= 15 is 0 Å². The molecule has 0 saturated carbocycles. The first-order valence-corrected chi connectivity index (χ1v) is 12.7. The maximum absolute atomic E-state index is 13.3. The number of amides is 1. The molecular formula is C26H24F6N2O3S. The van der Waals surface area contributed by atoms with Crippen molar-refractivity contribution >= 4 is 21.6 Å². The molecule has 3 aromatic carbocycles. The molecular weight excluding hydrogens is 534 g/mol. The average Bonchev–Trinajstić information content (AvgIpc) is 2.77. The number of rotatable bonds is 7. The van der Waals surface area contributed by atoms with Gasteiger partial charge >= 0.3 is 12.4 Å². The molecule has 1 amide bonds. The topological polar surface area (TPSA) is 75.3 Å². The number of carbonyl (C=O) groups excluding carboxylic acids is 1. The first-order valence-electron chi connectivity index (χ1n) is 11.2. The molecule has 0 aliphatic carbocycles. The molecule has 5 nitrogen and oxygen atoms in total. The van der Waals surface area contributed by atoms with E-state index in [2.05, 4.69) is 4.72 Å². The Bertz CT molecular complexity index is 1380. The fourth-order valence-electron chi connectivity index (χ4n) is 4.13.